The van der Waals surface area contributed by atoms with Gasteiger partial charge in [0, 0.05) is 24.6 Å². The summed E-state index contributed by atoms with van der Waals surface area (Å²) in [6.45, 7) is 24.5. The van der Waals surface area contributed by atoms with E-state index in [0.29, 0.717) is 0 Å². The molecule has 3 heteroatoms. The van der Waals surface area contributed by atoms with E-state index in [4.69, 9.17) is 0 Å². The Labute approximate surface area is 165 Å². The van der Waals surface area contributed by atoms with E-state index in [1.807, 2.05) is 57.1 Å². The average molecular weight is 371 g/mol. The molecule has 2 nitrogen and oxygen atoms in total. The Morgan fingerprint density at radius 2 is 1.73 bits per heavy atom. The first-order valence-corrected chi connectivity index (χ1v) is 9.53. The summed E-state index contributed by atoms with van der Waals surface area (Å²) in [5.41, 5.74) is 5.70. The first-order valence-electron chi connectivity index (χ1n) is 8.72. The zero-order valence-corrected chi connectivity index (χ0v) is 18.3. The number of likely N-dealkylation sites (N-methyl/N-ethyl adjacent to an activating group) is 1. The predicted octanol–water partition coefficient (Wildman–Crippen LogP) is 7.39. The number of rotatable bonds is 9. The van der Waals surface area contributed by atoms with Crippen LogP contribution in [0.5, 0.6) is 0 Å². The summed E-state index contributed by atoms with van der Waals surface area (Å²) in [6.07, 6.45) is 10.5. The van der Waals surface area contributed by atoms with Gasteiger partial charge in [-0.05, 0) is 64.5 Å². The van der Waals surface area contributed by atoms with Crippen LogP contribution in [0.25, 0.3) is 0 Å². The molecule has 0 fully saturated rings. The minimum atomic E-state index is 0.901. The number of hydrogen-bond donors (Lipinski definition) is 0. The molecule has 0 spiro atoms. The highest BCUT2D eigenvalue weighted by atomic mass is 32.2. The fraction of sp³-hybridized carbons (Fsp3) is 0.348. The summed E-state index contributed by atoms with van der Waals surface area (Å²) in [5.74, 6) is 0. The molecule has 0 aromatic carbocycles. The lowest BCUT2D eigenvalue weighted by molar-refractivity contribution is 0.546. The molecular weight excluding hydrogens is 336 g/mol. The number of nitrogens with zero attached hydrogens (tertiary/aromatic N) is 2. The highest BCUT2D eigenvalue weighted by Gasteiger charge is 2.07. The minimum Gasteiger partial charge on any atom is -0.345 e. The number of aliphatic imine (C=N–C) groups is 1. The Hall–Kier alpha value is -2.00. The van der Waals surface area contributed by atoms with E-state index in [9.17, 15) is 0 Å². The lowest BCUT2D eigenvalue weighted by Crippen LogP contribution is -2.15. The summed E-state index contributed by atoms with van der Waals surface area (Å²) >= 11 is 1.63. The van der Waals surface area contributed by atoms with E-state index in [-0.39, 0.29) is 0 Å². The molecule has 0 aromatic heterocycles. The normalized spacial score (nSPS) is 13.0. The van der Waals surface area contributed by atoms with Crippen molar-refractivity contribution < 1.29 is 0 Å². The first-order chi connectivity index (χ1) is 12.1. The monoisotopic (exact) mass is 370 g/mol. The third-order valence-corrected chi connectivity index (χ3v) is 4.83. The molecule has 0 rings (SSSR count). The van der Waals surface area contributed by atoms with Gasteiger partial charge in [-0.15, -0.1) is 0 Å². The average Bonchev–Trinajstić information content (AvgIpc) is 2.58. The van der Waals surface area contributed by atoms with E-state index in [1.54, 1.807) is 17.8 Å². The van der Waals surface area contributed by atoms with Gasteiger partial charge in [0.2, 0.25) is 0 Å². The van der Waals surface area contributed by atoms with Crippen LogP contribution in [0.15, 0.2) is 88.3 Å². The minimum absolute atomic E-state index is 0.901. The highest BCUT2D eigenvalue weighted by molar-refractivity contribution is 8.17. The van der Waals surface area contributed by atoms with Crippen molar-refractivity contribution in [1.29, 1.82) is 0 Å². The topological polar surface area (TPSA) is 15.6 Å². The van der Waals surface area contributed by atoms with Crippen LogP contribution in [0, 0.1) is 0 Å². The molecule has 0 atom stereocenters. The zero-order valence-electron chi connectivity index (χ0n) is 17.5. The SMILES string of the molecule is C=C/C=C\C(=C/C)N(C)C(=C)/C(C)=C/N=C(C)SC(=C)CC(C)=C(C)C. The number of thioether (sulfide) groups is 1. The number of allylic oxidation sites excluding steroid dienone is 8. The lowest BCUT2D eigenvalue weighted by atomic mass is 10.1. The van der Waals surface area contributed by atoms with Gasteiger partial charge in [0.25, 0.3) is 0 Å². The van der Waals surface area contributed by atoms with Crippen molar-refractivity contribution in [3.05, 3.63) is 83.3 Å². The van der Waals surface area contributed by atoms with Crippen molar-refractivity contribution in [2.45, 2.75) is 48.0 Å². The Bertz CT molecular complexity index is 681. The van der Waals surface area contributed by atoms with Gasteiger partial charge in [0.1, 0.15) is 0 Å². The van der Waals surface area contributed by atoms with Crippen LogP contribution in [0.3, 0.4) is 0 Å². The van der Waals surface area contributed by atoms with Crippen LogP contribution in [-0.2, 0) is 0 Å². The third kappa shape index (κ3) is 8.91. The molecule has 0 aliphatic carbocycles. The van der Waals surface area contributed by atoms with Gasteiger partial charge in [0.05, 0.1) is 5.04 Å². The van der Waals surface area contributed by atoms with Crippen molar-refractivity contribution >= 4 is 16.8 Å². The van der Waals surface area contributed by atoms with E-state index in [0.717, 1.165) is 33.3 Å². The van der Waals surface area contributed by atoms with E-state index in [2.05, 4.69) is 45.5 Å². The van der Waals surface area contributed by atoms with Crippen molar-refractivity contribution in [2.24, 2.45) is 4.99 Å². The van der Waals surface area contributed by atoms with Gasteiger partial charge in [-0.25, -0.2) is 0 Å². The summed E-state index contributed by atoms with van der Waals surface area (Å²) in [5, 5.41) is 0.976. The fourth-order valence-corrected chi connectivity index (χ4v) is 2.81. The van der Waals surface area contributed by atoms with E-state index < -0.39 is 0 Å². The second kappa shape index (κ2) is 12.4. The van der Waals surface area contributed by atoms with Crippen molar-refractivity contribution in [1.82, 2.24) is 4.90 Å². The van der Waals surface area contributed by atoms with Gasteiger partial charge in [0.15, 0.2) is 0 Å². The molecule has 0 unspecified atom stereocenters. The summed E-state index contributed by atoms with van der Waals surface area (Å²) in [6, 6.07) is 0. The fourth-order valence-electron chi connectivity index (χ4n) is 1.99. The zero-order chi connectivity index (χ0) is 20.3. The van der Waals surface area contributed by atoms with Gasteiger partial charge in [-0.2, -0.15) is 0 Å². The maximum absolute atomic E-state index is 4.57. The molecule has 0 heterocycles. The molecule has 0 N–H and O–H groups in total. The summed E-state index contributed by atoms with van der Waals surface area (Å²) in [4.78, 5) is 7.72. The predicted molar refractivity (Wildman–Crippen MR) is 122 cm³/mol. The maximum atomic E-state index is 4.57. The maximum Gasteiger partial charge on any atom is 0.0744 e. The Morgan fingerprint density at radius 1 is 1.12 bits per heavy atom. The standard InChI is InChI=1S/C23H34N2S/c1-11-13-14-23(12-2)25(10)21(8)19(6)16-24-22(9)26-20(7)15-18(5)17(3)4/h11-14,16H,1,7-8,15H2,2-6,9-10H3/b14-13-,19-16+,23-12+,24-22?. The molecule has 142 valence electrons. The second-order valence-corrected chi connectivity index (χ2v) is 7.74. The largest absolute Gasteiger partial charge is 0.345 e. The van der Waals surface area contributed by atoms with Gasteiger partial charge in [-0.3, -0.25) is 4.99 Å². The van der Waals surface area contributed by atoms with Crippen LogP contribution in [0.4, 0.5) is 0 Å². The Balaban J connectivity index is 5.03. The quantitative estimate of drug-likeness (QED) is 0.182. The Morgan fingerprint density at radius 3 is 2.23 bits per heavy atom. The lowest BCUT2D eigenvalue weighted by Gasteiger charge is -2.23. The molecule has 26 heavy (non-hydrogen) atoms. The van der Waals surface area contributed by atoms with E-state index >= 15 is 0 Å². The van der Waals surface area contributed by atoms with Crippen LogP contribution in [0.1, 0.15) is 48.0 Å². The molecule has 0 bridgehead atoms. The van der Waals surface area contributed by atoms with E-state index in [1.165, 1.54) is 11.1 Å². The van der Waals surface area contributed by atoms with Crippen LogP contribution >= 0.6 is 11.8 Å². The third-order valence-electron chi connectivity index (χ3n) is 3.99. The molecule has 0 saturated heterocycles. The van der Waals surface area contributed by atoms with Crippen molar-refractivity contribution in [2.75, 3.05) is 7.05 Å². The molecule has 0 radical (unpaired) electrons. The molecular formula is C23H34N2S. The van der Waals surface area contributed by atoms with Crippen LogP contribution in [-0.4, -0.2) is 17.0 Å². The van der Waals surface area contributed by atoms with Gasteiger partial charge < -0.3 is 4.90 Å². The van der Waals surface area contributed by atoms with Gasteiger partial charge in [-0.1, -0.05) is 60.9 Å². The molecule has 0 saturated carbocycles. The van der Waals surface area contributed by atoms with Crippen molar-refractivity contribution in [3.8, 4) is 0 Å². The first kappa shape index (κ1) is 24.0. The van der Waals surface area contributed by atoms with Crippen molar-refractivity contribution in [3.63, 3.8) is 0 Å². The molecule has 0 aliphatic heterocycles. The van der Waals surface area contributed by atoms with Crippen LogP contribution < -0.4 is 0 Å². The molecule has 0 amide bonds. The van der Waals surface area contributed by atoms with Gasteiger partial charge >= 0.3 is 0 Å². The molecule has 0 aromatic rings. The summed E-state index contributed by atoms with van der Waals surface area (Å²) < 4.78 is 0. The smallest absolute Gasteiger partial charge is 0.0744 e. The second-order valence-electron chi connectivity index (χ2n) is 6.37. The Kier molecular flexibility index (Phi) is 11.4. The molecule has 0 aliphatic rings. The summed E-state index contributed by atoms with van der Waals surface area (Å²) in [7, 11) is 2.00. The highest BCUT2D eigenvalue weighted by Crippen LogP contribution is 2.25. The number of hydrogen-bond acceptors (Lipinski definition) is 3. The van der Waals surface area contributed by atoms with Crippen LogP contribution in [0.2, 0.25) is 0 Å².